The van der Waals surface area contributed by atoms with Gasteiger partial charge in [-0.2, -0.15) is 0 Å². The molecule has 3 aliphatic rings. The van der Waals surface area contributed by atoms with Gasteiger partial charge in [-0.25, -0.2) is 4.39 Å². The number of nitrogens with one attached hydrogen (secondary N) is 1. The minimum absolute atomic E-state index is 0.209. The van der Waals surface area contributed by atoms with Crippen molar-refractivity contribution < 1.29 is 13.5 Å². The molecule has 4 heterocycles. The molecule has 31 heavy (non-hydrogen) atoms. The molecule has 0 saturated carbocycles. The van der Waals surface area contributed by atoms with E-state index in [0.717, 1.165) is 60.9 Å². The van der Waals surface area contributed by atoms with Crippen molar-refractivity contribution in [1.29, 1.82) is 0 Å². The van der Waals surface area contributed by atoms with E-state index in [1.165, 1.54) is 48.0 Å². The van der Waals surface area contributed by atoms with Gasteiger partial charge >= 0.3 is 0 Å². The van der Waals surface area contributed by atoms with Crippen molar-refractivity contribution in [2.75, 3.05) is 30.0 Å². The number of anilines is 2. The SMILES string of the molecule is Fc1ccc2oc3c(c2c1)CN(c1ccc2c(c1)NC(CCC1CCOCC1)S2)CC3. The number of rotatable bonds is 4. The Kier molecular flexibility index (Phi) is 5.07. The van der Waals surface area contributed by atoms with Crippen LogP contribution < -0.4 is 10.2 Å². The van der Waals surface area contributed by atoms with Gasteiger partial charge < -0.3 is 19.4 Å². The molecule has 1 fully saturated rings. The molecule has 3 aromatic rings. The van der Waals surface area contributed by atoms with Crippen molar-refractivity contribution in [3.8, 4) is 0 Å². The van der Waals surface area contributed by atoms with Crippen molar-refractivity contribution >= 4 is 34.1 Å². The summed E-state index contributed by atoms with van der Waals surface area (Å²) in [7, 11) is 0. The minimum Gasteiger partial charge on any atom is -0.461 e. The lowest BCUT2D eigenvalue weighted by molar-refractivity contribution is 0.0634. The van der Waals surface area contributed by atoms with E-state index < -0.39 is 0 Å². The molecule has 0 amide bonds. The number of benzene rings is 2. The van der Waals surface area contributed by atoms with E-state index in [4.69, 9.17) is 9.15 Å². The average molecular weight is 439 g/mol. The number of hydrogen-bond donors (Lipinski definition) is 1. The fraction of sp³-hybridized carbons (Fsp3) is 0.440. The van der Waals surface area contributed by atoms with Gasteiger partial charge in [0.15, 0.2) is 0 Å². The van der Waals surface area contributed by atoms with Gasteiger partial charge in [-0.3, -0.25) is 0 Å². The van der Waals surface area contributed by atoms with E-state index in [1.54, 1.807) is 12.1 Å². The largest absolute Gasteiger partial charge is 0.461 e. The Labute approximate surface area is 186 Å². The highest BCUT2D eigenvalue weighted by Gasteiger charge is 2.26. The molecular weight excluding hydrogens is 411 g/mol. The molecule has 3 aliphatic heterocycles. The molecular formula is C25H27FN2O2S. The molecule has 4 nitrogen and oxygen atoms in total. The molecule has 1 atom stereocenters. The van der Waals surface area contributed by atoms with E-state index in [2.05, 4.69) is 28.4 Å². The molecule has 1 aromatic heterocycles. The number of thioether (sulfide) groups is 1. The van der Waals surface area contributed by atoms with Crippen LogP contribution in [-0.4, -0.2) is 25.1 Å². The monoisotopic (exact) mass is 438 g/mol. The second kappa shape index (κ2) is 8.06. The summed E-state index contributed by atoms with van der Waals surface area (Å²) in [6.45, 7) is 3.52. The summed E-state index contributed by atoms with van der Waals surface area (Å²) in [5, 5.41) is 5.11. The maximum Gasteiger partial charge on any atom is 0.134 e. The number of nitrogens with zero attached hydrogens (tertiary/aromatic N) is 1. The summed E-state index contributed by atoms with van der Waals surface area (Å²) in [6, 6.07) is 11.6. The van der Waals surface area contributed by atoms with Crippen molar-refractivity contribution in [2.24, 2.45) is 5.92 Å². The van der Waals surface area contributed by atoms with E-state index in [-0.39, 0.29) is 5.82 Å². The number of fused-ring (bicyclic) bond motifs is 4. The highest BCUT2D eigenvalue weighted by atomic mass is 32.2. The van der Waals surface area contributed by atoms with Crippen molar-refractivity contribution in [2.45, 2.75) is 48.9 Å². The van der Waals surface area contributed by atoms with Gasteiger partial charge in [-0.05, 0) is 68.0 Å². The zero-order valence-electron chi connectivity index (χ0n) is 17.5. The molecule has 0 aliphatic carbocycles. The number of furan rings is 1. The van der Waals surface area contributed by atoms with Crippen LogP contribution in [0.15, 0.2) is 45.7 Å². The first-order valence-electron chi connectivity index (χ1n) is 11.3. The van der Waals surface area contributed by atoms with Gasteiger partial charge in [0.1, 0.15) is 17.2 Å². The summed E-state index contributed by atoms with van der Waals surface area (Å²) in [5.74, 6) is 1.60. The Morgan fingerprint density at radius 3 is 2.90 bits per heavy atom. The summed E-state index contributed by atoms with van der Waals surface area (Å²) in [6.07, 6.45) is 5.72. The van der Waals surface area contributed by atoms with Crippen LogP contribution >= 0.6 is 11.8 Å². The van der Waals surface area contributed by atoms with Crippen LogP contribution in [0, 0.1) is 11.7 Å². The maximum atomic E-state index is 13.8. The van der Waals surface area contributed by atoms with Gasteiger partial charge in [0.05, 0.1) is 11.1 Å². The maximum absolute atomic E-state index is 13.8. The van der Waals surface area contributed by atoms with Gasteiger partial charge in [-0.1, -0.05) is 11.8 Å². The Bertz CT molecular complexity index is 1110. The quantitative estimate of drug-likeness (QED) is 0.526. The lowest BCUT2D eigenvalue weighted by Crippen LogP contribution is -2.29. The molecule has 0 spiro atoms. The summed E-state index contributed by atoms with van der Waals surface area (Å²) >= 11 is 1.96. The molecule has 6 rings (SSSR count). The van der Waals surface area contributed by atoms with Crippen LogP contribution in [0.2, 0.25) is 0 Å². The molecule has 0 radical (unpaired) electrons. The van der Waals surface area contributed by atoms with Crippen molar-refractivity contribution in [3.63, 3.8) is 0 Å². The van der Waals surface area contributed by atoms with Crippen LogP contribution in [0.4, 0.5) is 15.8 Å². The van der Waals surface area contributed by atoms with Crippen LogP contribution in [0.25, 0.3) is 11.0 Å². The third-order valence-corrected chi connectivity index (χ3v) is 8.13. The third-order valence-electron chi connectivity index (χ3n) is 6.89. The first kappa shape index (κ1) is 19.5. The Balaban J connectivity index is 1.16. The molecule has 2 aromatic carbocycles. The Morgan fingerprint density at radius 2 is 2.00 bits per heavy atom. The fourth-order valence-corrected chi connectivity index (χ4v) is 6.25. The summed E-state index contributed by atoms with van der Waals surface area (Å²) in [4.78, 5) is 3.72. The standard InChI is InChI=1S/C25H27FN2O2S/c26-17-2-4-22-19(13-17)20-15-28(10-7-23(20)30-22)18-3-5-24-21(14-18)27-25(31-24)6-1-16-8-11-29-12-9-16/h2-5,13-14,16,25,27H,1,6-12,15H2. The third kappa shape index (κ3) is 3.80. The second-order valence-electron chi connectivity index (χ2n) is 8.88. The average Bonchev–Trinajstić information content (AvgIpc) is 3.38. The Morgan fingerprint density at radius 1 is 1.10 bits per heavy atom. The lowest BCUT2D eigenvalue weighted by atomic mass is 9.95. The molecule has 1 unspecified atom stereocenters. The minimum atomic E-state index is -0.209. The van der Waals surface area contributed by atoms with Crippen LogP contribution in [0.3, 0.4) is 0 Å². The molecule has 1 N–H and O–H groups in total. The number of ether oxygens (including phenoxy) is 1. The fourth-order valence-electron chi connectivity index (χ4n) is 5.11. The number of halogens is 1. The predicted octanol–water partition coefficient (Wildman–Crippen LogP) is 6.19. The highest BCUT2D eigenvalue weighted by Crippen LogP contribution is 2.43. The molecule has 1 saturated heterocycles. The lowest BCUT2D eigenvalue weighted by Gasteiger charge is -2.29. The van der Waals surface area contributed by atoms with E-state index >= 15 is 0 Å². The topological polar surface area (TPSA) is 37.6 Å². The number of hydrogen-bond acceptors (Lipinski definition) is 5. The van der Waals surface area contributed by atoms with Crippen LogP contribution in [-0.2, 0) is 17.7 Å². The first-order chi connectivity index (χ1) is 15.2. The smallest absolute Gasteiger partial charge is 0.134 e. The van der Waals surface area contributed by atoms with E-state index in [0.29, 0.717) is 5.37 Å². The predicted molar refractivity (Wildman–Crippen MR) is 123 cm³/mol. The molecule has 0 bridgehead atoms. The van der Waals surface area contributed by atoms with E-state index in [9.17, 15) is 4.39 Å². The van der Waals surface area contributed by atoms with Gasteiger partial charge in [0.25, 0.3) is 0 Å². The Hall–Kier alpha value is -2.18. The normalized spacial score (nSPS) is 21.2. The second-order valence-corrected chi connectivity index (χ2v) is 10.1. The summed E-state index contributed by atoms with van der Waals surface area (Å²) in [5.41, 5.74) is 4.37. The van der Waals surface area contributed by atoms with Crippen LogP contribution in [0.5, 0.6) is 0 Å². The van der Waals surface area contributed by atoms with Gasteiger partial charge in [0, 0.05) is 54.3 Å². The first-order valence-corrected chi connectivity index (χ1v) is 12.2. The van der Waals surface area contributed by atoms with Gasteiger partial charge in [-0.15, -0.1) is 0 Å². The van der Waals surface area contributed by atoms with E-state index in [1.807, 2.05) is 11.8 Å². The summed E-state index contributed by atoms with van der Waals surface area (Å²) < 4.78 is 25.3. The highest BCUT2D eigenvalue weighted by molar-refractivity contribution is 8.00. The van der Waals surface area contributed by atoms with Gasteiger partial charge in [0.2, 0.25) is 0 Å². The zero-order valence-corrected chi connectivity index (χ0v) is 18.3. The molecule has 6 heteroatoms. The van der Waals surface area contributed by atoms with Crippen molar-refractivity contribution in [1.82, 2.24) is 0 Å². The zero-order chi connectivity index (χ0) is 20.8. The van der Waals surface area contributed by atoms with Crippen LogP contribution in [0.1, 0.15) is 37.0 Å². The van der Waals surface area contributed by atoms with Crippen molar-refractivity contribution in [3.05, 3.63) is 53.5 Å². The molecule has 162 valence electrons.